The number of nitrogens with zero attached hydrogens (tertiary/aromatic N) is 5. The number of fused-ring (bicyclic) bond motifs is 4. The Labute approximate surface area is 193 Å². The standard InChI is InChI=1S/C24H30N8O/c1-15-13-31(16(2)10-25-15)18-5-6-20(26-12-18)29-23-27-11-17-9-19-22(33)28-14-24(7-3-4-8-24)32(19)21(17)30-23/h5-6,9,11-12,15-16,25H,3-4,7-8,10,13-14H2,1-2H3,(H,28,33)(H,26,27,29,30)/t15?,16-/m1/s1. The molecular formula is C24H30N8O. The fourth-order valence-corrected chi connectivity index (χ4v) is 5.67. The molecule has 3 aliphatic rings. The molecule has 6 rings (SSSR count). The van der Waals surface area contributed by atoms with Gasteiger partial charge in [0.15, 0.2) is 0 Å². The van der Waals surface area contributed by atoms with Crippen LogP contribution in [0.2, 0.25) is 0 Å². The molecule has 0 bridgehead atoms. The van der Waals surface area contributed by atoms with E-state index in [1.807, 2.05) is 18.3 Å². The Balaban J connectivity index is 1.29. The van der Waals surface area contributed by atoms with Crippen molar-refractivity contribution in [3.05, 3.63) is 36.3 Å². The number of carbonyl (C=O) groups excluding carboxylic acids is 1. The van der Waals surface area contributed by atoms with E-state index in [1.165, 1.54) is 12.8 Å². The number of amides is 1. The van der Waals surface area contributed by atoms with Gasteiger partial charge in [0.25, 0.3) is 5.91 Å². The Bertz CT molecular complexity index is 1200. The van der Waals surface area contributed by atoms with Crippen LogP contribution in [0.3, 0.4) is 0 Å². The van der Waals surface area contributed by atoms with Crippen LogP contribution < -0.4 is 20.9 Å². The fourth-order valence-electron chi connectivity index (χ4n) is 5.67. The monoisotopic (exact) mass is 446 g/mol. The van der Waals surface area contributed by atoms with Crippen LogP contribution in [0.4, 0.5) is 17.5 Å². The molecule has 2 fully saturated rings. The van der Waals surface area contributed by atoms with E-state index in [2.05, 4.69) is 55.3 Å². The highest BCUT2D eigenvalue weighted by Crippen LogP contribution is 2.41. The molecule has 0 aromatic carbocycles. The molecule has 1 unspecified atom stereocenters. The zero-order chi connectivity index (χ0) is 22.6. The van der Waals surface area contributed by atoms with E-state index in [0.717, 1.165) is 42.7 Å². The van der Waals surface area contributed by atoms with Gasteiger partial charge in [0, 0.05) is 43.3 Å². The van der Waals surface area contributed by atoms with Gasteiger partial charge in [-0.25, -0.2) is 9.97 Å². The molecule has 2 atom stereocenters. The number of nitrogens with one attached hydrogen (secondary N) is 3. The number of anilines is 3. The summed E-state index contributed by atoms with van der Waals surface area (Å²) in [5.41, 5.74) is 2.55. The molecule has 9 nitrogen and oxygen atoms in total. The van der Waals surface area contributed by atoms with Crippen LogP contribution in [0.15, 0.2) is 30.6 Å². The maximum atomic E-state index is 12.6. The first-order valence-corrected chi connectivity index (χ1v) is 11.9. The molecule has 33 heavy (non-hydrogen) atoms. The second-order valence-electron chi connectivity index (χ2n) is 9.79. The summed E-state index contributed by atoms with van der Waals surface area (Å²) in [7, 11) is 0. The summed E-state index contributed by atoms with van der Waals surface area (Å²) >= 11 is 0. The molecule has 1 spiro atoms. The normalized spacial score (nSPS) is 24.2. The second kappa shape index (κ2) is 7.69. The molecule has 1 saturated carbocycles. The van der Waals surface area contributed by atoms with E-state index in [9.17, 15) is 4.79 Å². The number of pyridine rings is 1. The van der Waals surface area contributed by atoms with Crippen molar-refractivity contribution in [3.63, 3.8) is 0 Å². The molecule has 1 saturated heterocycles. The van der Waals surface area contributed by atoms with Crippen molar-refractivity contribution in [2.75, 3.05) is 29.9 Å². The van der Waals surface area contributed by atoms with Crippen molar-refractivity contribution in [2.45, 2.75) is 57.2 Å². The van der Waals surface area contributed by atoms with Crippen LogP contribution in [0, 0.1) is 0 Å². The summed E-state index contributed by atoms with van der Waals surface area (Å²) in [6, 6.07) is 6.86. The number of rotatable bonds is 3. The van der Waals surface area contributed by atoms with E-state index in [0.29, 0.717) is 36.1 Å². The summed E-state index contributed by atoms with van der Waals surface area (Å²) in [4.78, 5) is 28.9. The smallest absolute Gasteiger partial charge is 0.268 e. The van der Waals surface area contributed by atoms with Gasteiger partial charge in [0.1, 0.15) is 17.2 Å². The number of hydrogen-bond acceptors (Lipinski definition) is 7. The molecule has 3 aromatic heterocycles. The minimum atomic E-state index is -0.0757. The van der Waals surface area contributed by atoms with Gasteiger partial charge in [-0.15, -0.1) is 0 Å². The lowest BCUT2D eigenvalue weighted by atomic mass is 9.94. The van der Waals surface area contributed by atoms with Crippen molar-refractivity contribution in [1.29, 1.82) is 0 Å². The Morgan fingerprint density at radius 2 is 2.00 bits per heavy atom. The van der Waals surface area contributed by atoms with Gasteiger partial charge in [0.05, 0.1) is 17.4 Å². The van der Waals surface area contributed by atoms with Gasteiger partial charge in [0.2, 0.25) is 5.95 Å². The number of carbonyl (C=O) groups is 1. The maximum Gasteiger partial charge on any atom is 0.268 e. The van der Waals surface area contributed by atoms with E-state index < -0.39 is 0 Å². The highest BCUT2D eigenvalue weighted by molar-refractivity contribution is 5.99. The number of aromatic nitrogens is 4. The first-order valence-electron chi connectivity index (χ1n) is 11.9. The lowest BCUT2D eigenvalue weighted by molar-refractivity contribution is 0.0876. The molecule has 5 heterocycles. The van der Waals surface area contributed by atoms with Crippen molar-refractivity contribution >= 4 is 34.4 Å². The first kappa shape index (κ1) is 20.4. The van der Waals surface area contributed by atoms with Crippen LogP contribution >= 0.6 is 0 Å². The molecule has 3 aromatic rings. The second-order valence-corrected chi connectivity index (χ2v) is 9.79. The third-order valence-corrected chi connectivity index (χ3v) is 7.44. The van der Waals surface area contributed by atoms with Gasteiger partial charge in [-0.3, -0.25) is 4.79 Å². The Hall–Kier alpha value is -3.20. The zero-order valence-corrected chi connectivity index (χ0v) is 19.1. The number of hydrogen-bond donors (Lipinski definition) is 3. The van der Waals surface area contributed by atoms with Crippen LogP contribution in [0.5, 0.6) is 0 Å². The van der Waals surface area contributed by atoms with Crippen molar-refractivity contribution in [2.24, 2.45) is 0 Å². The average molecular weight is 447 g/mol. The summed E-state index contributed by atoms with van der Waals surface area (Å²) in [6.07, 6.45) is 8.17. The van der Waals surface area contributed by atoms with Gasteiger partial charge in [-0.05, 0) is 44.9 Å². The third kappa shape index (κ3) is 3.42. The molecule has 3 N–H and O–H groups in total. The van der Waals surface area contributed by atoms with Crippen LogP contribution in [-0.4, -0.2) is 57.1 Å². The van der Waals surface area contributed by atoms with E-state index in [1.54, 1.807) is 6.20 Å². The Morgan fingerprint density at radius 1 is 1.15 bits per heavy atom. The lowest BCUT2D eigenvalue weighted by Crippen LogP contribution is -2.54. The SMILES string of the molecule is CC1CN(c2ccc(Nc3ncc4cc5n(c4n3)C3(CCCC3)CNC5=O)nc2)[C@H](C)CN1. The zero-order valence-electron chi connectivity index (χ0n) is 19.1. The topological polar surface area (TPSA) is 100 Å². The average Bonchev–Trinajstić information content (AvgIpc) is 3.44. The molecule has 1 aliphatic carbocycles. The predicted octanol–water partition coefficient (Wildman–Crippen LogP) is 2.77. The summed E-state index contributed by atoms with van der Waals surface area (Å²) < 4.78 is 2.17. The molecule has 2 aliphatic heterocycles. The number of piperazine rings is 1. The lowest BCUT2D eigenvalue weighted by Gasteiger charge is -2.39. The summed E-state index contributed by atoms with van der Waals surface area (Å²) in [5.74, 6) is 1.16. The highest BCUT2D eigenvalue weighted by atomic mass is 16.2. The minimum Gasteiger partial charge on any atom is -0.365 e. The van der Waals surface area contributed by atoms with Crippen LogP contribution in [0.25, 0.3) is 11.0 Å². The van der Waals surface area contributed by atoms with Gasteiger partial charge >= 0.3 is 0 Å². The predicted molar refractivity (Wildman–Crippen MR) is 128 cm³/mol. The Kier molecular flexibility index (Phi) is 4.76. The van der Waals surface area contributed by atoms with Crippen molar-refractivity contribution < 1.29 is 4.79 Å². The molecule has 1 amide bonds. The van der Waals surface area contributed by atoms with Crippen LogP contribution in [0.1, 0.15) is 50.0 Å². The fraction of sp³-hybridized carbons (Fsp3) is 0.500. The van der Waals surface area contributed by atoms with Gasteiger partial charge in [-0.1, -0.05) is 12.8 Å². The third-order valence-electron chi connectivity index (χ3n) is 7.44. The van der Waals surface area contributed by atoms with Crippen molar-refractivity contribution in [1.82, 2.24) is 30.2 Å². The highest BCUT2D eigenvalue weighted by Gasteiger charge is 2.42. The van der Waals surface area contributed by atoms with E-state index in [4.69, 9.17) is 4.98 Å². The van der Waals surface area contributed by atoms with E-state index >= 15 is 0 Å². The largest absolute Gasteiger partial charge is 0.365 e. The van der Waals surface area contributed by atoms with Gasteiger partial charge < -0.3 is 25.4 Å². The molecule has 172 valence electrons. The molecular weight excluding hydrogens is 416 g/mol. The molecule has 0 radical (unpaired) electrons. The van der Waals surface area contributed by atoms with Gasteiger partial charge in [-0.2, -0.15) is 4.98 Å². The molecule has 9 heteroatoms. The maximum absolute atomic E-state index is 12.6. The summed E-state index contributed by atoms with van der Waals surface area (Å²) in [5, 5.41) is 10.7. The minimum absolute atomic E-state index is 0.0336. The van der Waals surface area contributed by atoms with E-state index in [-0.39, 0.29) is 11.4 Å². The summed E-state index contributed by atoms with van der Waals surface area (Å²) in [6.45, 7) is 7.03. The first-order chi connectivity index (χ1) is 16.0. The van der Waals surface area contributed by atoms with Crippen molar-refractivity contribution in [3.8, 4) is 0 Å². The quantitative estimate of drug-likeness (QED) is 0.569. The Morgan fingerprint density at radius 3 is 2.79 bits per heavy atom. The van der Waals surface area contributed by atoms with Crippen LogP contribution in [-0.2, 0) is 5.54 Å².